The SMILES string of the molecule is CC1C(=O)NC(=O)CN1C1CCCCCC1=O. The molecule has 1 aliphatic heterocycles. The van der Waals surface area contributed by atoms with Crippen LogP contribution in [0, 0.1) is 0 Å². The van der Waals surface area contributed by atoms with Gasteiger partial charge in [0.05, 0.1) is 18.6 Å². The minimum Gasteiger partial charge on any atom is -0.298 e. The Morgan fingerprint density at radius 2 is 1.94 bits per heavy atom. The number of ketones is 1. The van der Waals surface area contributed by atoms with Gasteiger partial charge in [0, 0.05) is 6.42 Å². The van der Waals surface area contributed by atoms with E-state index in [1.165, 1.54) is 0 Å². The first-order chi connectivity index (χ1) is 8.09. The summed E-state index contributed by atoms with van der Waals surface area (Å²) < 4.78 is 0. The molecule has 2 fully saturated rings. The molecule has 5 heteroatoms. The first-order valence-corrected chi connectivity index (χ1v) is 6.22. The van der Waals surface area contributed by atoms with Crippen molar-refractivity contribution in [3.63, 3.8) is 0 Å². The molecule has 2 amide bonds. The maximum absolute atomic E-state index is 12.0. The third-order valence-corrected chi connectivity index (χ3v) is 3.64. The lowest BCUT2D eigenvalue weighted by molar-refractivity contribution is -0.142. The number of rotatable bonds is 1. The van der Waals surface area contributed by atoms with Crippen LogP contribution < -0.4 is 5.32 Å². The summed E-state index contributed by atoms with van der Waals surface area (Å²) in [6.45, 7) is 1.91. The molecule has 0 aromatic rings. The maximum Gasteiger partial charge on any atom is 0.243 e. The zero-order valence-corrected chi connectivity index (χ0v) is 10.1. The molecule has 0 aromatic carbocycles. The summed E-state index contributed by atoms with van der Waals surface area (Å²) in [6.07, 6.45) is 4.32. The lowest BCUT2D eigenvalue weighted by Gasteiger charge is -2.36. The summed E-state index contributed by atoms with van der Waals surface area (Å²) in [4.78, 5) is 36.7. The highest BCUT2D eigenvalue weighted by Crippen LogP contribution is 2.22. The van der Waals surface area contributed by atoms with E-state index in [9.17, 15) is 14.4 Å². The summed E-state index contributed by atoms with van der Waals surface area (Å²) in [5.41, 5.74) is 0. The molecule has 2 unspecified atom stereocenters. The van der Waals surface area contributed by atoms with Gasteiger partial charge < -0.3 is 0 Å². The van der Waals surface area contributed by atoms with E-state index in [0.717, 1.165) is 25.7 Å². The number of piperazine rings is 1. The highest BCUT2D eigenvalue weighted by molar-refractivity contribution is 6.01. The van der Waals surface area contributed by atoms with Gasteiger partial charge in [-0.25, -0.2) is 0 Å². The molecule has 5 nitrogen and oxygen atoms in total. The third-order valence-electron chi connectivity index (χ3n) is 3.64. The van der Waals surface area contributed by atoms with E-state index in [1.54, 1.807) is 11.8 Å². The summed E-state index contributed by atoms with van der Waals surface area (Å²) in [7, 11) is 0. The minimum absolute atomic E-state index is 0.156. The molecule has 2 aliphatic rings. The van der Waals surface area contributed by atoms with Gasteiger partial charge in [0.15, 0.2) is 0 Å². The summed E-state index contributed by atoms with van der Waals surface area (Å²) in [6, 6.07) is -0.637. The maximum atomic E-state index is 12.0. The van der Waals surface area contributed by atoms with Gasteiger partial charge in [0.25, 0.3) is 0 Å². The van der Waals surface area contributed by atoms with Gasteiger partial charge in [0.2, 0.25) is 11.8 Å². The fourth-order valence-electron chi connectivity index (χ4n) is 2.61. The third kappa shape index (κ3) is 2.54. The fourth-order valence-corrected chi connectivity index (χ4v) is 2.61. The van der Waals surface area contributed by atoms with E-state index < -0.39 is 0 Å². The van der Waals surface area contributed by atoms with E-state index in [1.807, 2.05) is 0 Å². The van der Waals surface area contributed by atoms with Crippen LogP contribution in [0.5, 0.6) is 0 Å². The lowest BCUT2D eigenvalue weighted by atomic mass is 10.0. The number of nitrogens with one attached hydrogen (secondary N) is 1. The van der Waals surface area contributed by atoms with Crippen molar-refractivity contribution in [1.82, 2.24) is 10.2 Å². The number of hydrogen-bond acceptors (Lipinski definition) is 4. The zero-order chi connectivity index (χ0) is 12.4. The fraction of sp³-hybridized carbons (Fsp3) is 0.750. The van der Waals surface area contributed by atoms with Crippen LogP contribution in [0.4, 0.5) is 0 Å². The van der Waals surface area contributed by atoms with Crippen LogP contribution in [-0.4, -0.2) is 41.1 Å². The van der Waals surface area contributed by atoms with Crippen LogP contribution in [0.15, 0.2) is 0 Å². The van der Waals surface area contributed by atoms with E-state index in [4.69, 9.17) is 0 Å². The second-order valence-corrected chi connectivity index (χ2v) is 4.84. The molecule has 0 aromatic heterocycles. The first kappa shape index (κ1) is 12.2. The van der Waals surface area contributed by atoms with Crippen LogP contribution in [0.2, 0.25) is 0 Å². The molecule has 0 radical (unpaired) electrons. The zero-order valence-electron chi connectivity index (χ0n) is 10.1. The quantitative estimate of drug-likeness (QED) is 0.525. The number of imide groups is 1. The predicted octanol–water partition coefficient (Wildman–Crippen LogP) is 0.235. The van der Waals surface area contributed by atoms with Crippen molar-refractivity contribution in [2.24, 2.45) is 0 Å². The van der Waals surface area contributed by atoms with E-state index >= 15 is 0 Å². The van der Waals surface area contributed by atoms with E-state index in [0.29, 0.717) is 6.42 Å². The van der Waals surface area contributed by atoms with Crippen LogP contribution in [0.1, 0.15) is 39.0 Å². The number of Topliss-reactive ketones (excluding diaryl/α,β-unsaturated/α-hetero) is 1. The van der Waals surface area contributed by atoms with Crippen LogP contribution in [0.3, 0.4) is 0 Å². The normalized spacial score (nSPS) is 32.2. The Kier molecular flexibility index (Phi) is 3.57. The Bertz CT molecular complexity index is 354. The molecule has 0 spiro atoms. The summed E-state index contributed by atoms with van der Waals surface area (Å²) in [5.74, 6) is -0.416. The van der Waals surface area contributed by atoms with Gasteiger partial charge in [-0.3, -0.25) is 24.6 Å². The van der Waals surface area contributed by atoms with E-state index in [2.05, 4.69) is 5.32 Å². The molecule has 2 atom stereocenters. The van der Waals surface area contributed by atoms with Crippen molar-refractivity contribution >= 4 is 17.6 Å². The topological polar surface area (TPSA) is 66.5 Å². The monoisotopic (exact) mass is 238 g/mol. The van der Waals surface area contributed by atoms with E-state index in [-0.39, 0.29) is 36.2 Å². The largest absolute Gasteiger partial charge is 0.298 e. The average Bonchev–Trinajstić information content (AvgIpc) is 2.48. The van der Waals surface area contributed by atoms with Gasteiger partial charge >= 0.3 is 0 Å². The van der Waals surface area contributed by atoms with Crippen LogP contribution >= 0.6 is 0 Å². The molecule has 1 saturated heterocycles. The number of amides is 2. The summed E-state index contributed by atoms with van der Waals surface area (Å²) in [5, 5.41) is 2.30. The molecule has 1 heterocycles. The molecule has 1 aliphatic carbocycles. The number of carbonyl (C=O) groups is 3. The Balaban J connectivity index is 2.15. The number of hydrogen-bond donors (Lipinski definition) is 1. The molecule has 1 saturated carbocycles. The van der Waals surface area contributed by atoms with Gasteiger partial charge in [-0.1, -0.05) is 12.8 Å². The molecule has 17 heavy (non-hydrogen) atoms. The van der Waals surface area contributed by atoms with Crippen molar-refractivity contribution in [3.8, 4) is 0 Å². The first-order valence-electron chi connectivity index (χ1n) is 6.22. The number of nitrogens with zero attached hydrogens (tertiary/aromatic N) is 1. The number of carbonyl (C=O) groups excluding carboxylic acids is 3. The second kappa shape index (κ2) is 4.96. The highest BCUT2D eigenvalue weighted by atomic mass is 16.2. The van der Waals surface area contributed by atoms with Crippen molar-refractivity contribution < 1.29 is 14.4 Å². The Morgan fingerprint density at radius 3 is 2.71 bits per heavy atom. The Labute approximate surface area is 101 Å². The predicted molar refractivity (Wildman–Crippen MR) is 61.2 cm³/mol. The van der Waals surface area contributed by atoms with Crippen molar-refractivity contribution in [2.45, 2.75) is 51.1 Å². The average molecular weight is 238 g/mol. The molecular formula is C12H18N2O3. The molecular weight excluding hydrogens is 220 g/mol. The van der Waals surface area contributed by atoms with Crippen molar-refractivity contribution in [1.29, 1.82) is 0 Å². The van der Waals surface area contributed by atoms with Gasteiger partial charge in [-0.2, -0.15) is 0 Å². The van der Waals surface area contributed by atoms with Gasteiger partial charge in [-0.05, 0) is 19.8 Å². The second-order valence-electron chi connectivity index (χ2n) is 4.84. The molecule has 2 rings (SSSR count). The molecule has 1 N–H and O–H groups in total. The molecule has 94 valence electrons. The standard InChI is InChI=1S/C12H18N2O3/c1-8-12(17)13-11(16)7-14(8)9-5-3-2-4-6-10(9)15/h8-9H,2-7H2,1H3,(H,13,16,17). The smallest absolute Gasteiger partial charge is 0.243 e. The summed E-state index contributed by atoms with van der Waals surface area (Å²) >= 11 is 0. The lowest BCUT2D eigenvalue weighted by Crippen LogP contribution is -2.61. The van der Waals surface area contributed by atoms with Crippen molar-refractivity contribution in [3.05, 3.63) is 0 Å². The van der Waals surface area contributed by atoms with Crippen LogP contribution in [-0.2, 0) is 14.4 Å². The minimum atomic E-state index is -0.389. The molecule has 0 bridgehead atoms. The van der Waals surface area contributed by atoms with Gasteiger partial charge in [0.1, 0.15) is 5.78 Å². The highest BCUT2D eigenvalue weighted by Gasteiger charge is 2.37. The van der Waals surface area contributed by atoms with Crippen LogP contribution in [0.25, 0.3) is 0 Å². The van der Waals surface area contributed by atoms with Crippen molar-refractivity contribution in [2.75, 3.05) is 6.54 Å². The van der Waals surface area contributed by atoms with Gasteiger partial charge in [-0.15, -0.1) is 0 Å². The Morgan fingerprint density at radius 1 is 1.18 bits per heavy atom. The Hall–Kier alpha value is -1.23.